The number of pyridine rings is 1. The van der Waals surface area contributed by atoms with Crippen LogP contribution in [0.25, 0.3) is 0 Å². The van der Waals surface area contributed by atoms with E-state index >= 15 is 0 Å². The summed E-state index contributed by atoms with van der Waals surface area (Å²) in [5.41, 5.74) is 2.54. The van der Waals surface area contributed by atoms with Crippen LogP contribution in [0, 0.1) is 0 Å². The van der Waals surface area contributed by atoms with E-state index in [2.05, 4.69) is 20.2 Å². The van der Waals surface area contributed by atoms with Crippen molar-refractivity contribution in [2.75, 3.05) is 26.0 Å². The second kappa shape index (κ2) is 6.91. The zero-order chi connectivity index (χ0) is 16.2. The summed E-state index contributed by atoms with van der Waals surface area (Å²) in [6.45, 7) is 1.62. The van der Waals surface area contributed by atoms with Gasteiger partial charge in [0.25, 0.3) is 5.56 Å². The third-order valence-electron chi connectivity index (χ3n) is 4.26. The van der Waals surface area contributed by atoms with Gasteiger partial charge in [-0.3, -0.25) is 4.79 Å². The molecule has 6 nitrogen and oxygen atoms in total. The highest BCUT2D eigenvalue weighted by Crippen LogP contribution is 2.22. The number of fused-ring (bicyclic) bond motifs is 1. The molecule has 0 fully saturated rings. The summed E-state index contributed by atoms with van der Waals surface area (Å²) in [5.74, 6) is 0.668. The van der Waals surface area contributed by atoms with E-state index in [4.69, 9.17) is 0 Å². The molecule has 0 saturated carbocycles. The monoisotopic (exact) mass is 313 g/mol. The van der Waals surface area contributed by atoms with Crippen molar-refractivity contribution in [3.05, 3.63) is 52.2 Å². The molecule has 2 aromatic heterocycles. The molecule has 0 bridgehead atoms. The van der Waals surface area contributed by atoms with Crippen molar-refractivity contribution >= 4 is 5.95 Å². The maximum Gasteiger partial charge on any atom is 0.250 e. The number of anilines is 1. The number of likely N-dealkylation sites (N-methyl/N-ethyl adjacent to an activating group) is 1. The molecule has 0 radical (unpaired) electrons. The number of rotatable bonds is 5. The van der Waals surface area contributed by atoms with Gasteiger partial charge in [0.15, 0.2) is 0 Å². The van der Waals surface area contributed by atoms with E-state index in [0.29, 0.717) is 12.0 Å². The lowest BCUT2D eigenvalue weighted by Crippen LogP contribution is -2.35. The van der Waals surface area contributed by atoms with Crippen molar-refractivity contribution in [2.45, 2.75) is 31.8 Å². The van der Waals surface area contributed by atoms with E-state index in [0.717, 1.165) is 32.4 Å². The number of nitrogens with zero attached hydrogens (tertiary/aromatic N) is 4. The van der Waals surface area contributed by atoms with Gasteiger partial charge in [0, 0.05) is 43.3 Å². The highest BCUT2D eigenvalue weighted by molar-refractivity contribution is 5.31. The number of hydrogen-bond acceptors (Lipinski definition) is 5. The van der Waals surface area contributed by atoms with Crippen molar-refractivity contribution in [1.29, 1.82) is 0 Å². The number of nitrogens with one attached hydrogen (secondary N) is 1. The van der Waals surface area contributed by atoms with Crippen LogP contribution in [0.15, 0.2) is 35.4 Å². The Morgan fingerprint density at radius 3 is 2.83 bits per heavy atom. The molecular formula is C17H23N5O. The van der Waals surface area contributed by atoms with Crippen molar-refractivity contribution in [2.24, 2.45) is 0 Å². The van der Waals surface area contributed by atoms with Crippen LogP contribution in [-0.4, -0.2) is 46.1 Å². The summed E-state index contributed by atoms with van der Waals surface area (Å²) in [4.78, 5) is 22.7. The van der Waals surface area contributed by atoms with Gasteiger partial charge in [0.05, 0.1) is 0 Å². The topological polar surface area (TPSA) is 63.1 Å². The van der Waals surface area contributed by atoms with Crippen LogP contribution in [0.3, 0.4) is 0 Å². The van der Waals surface area contributed by atoms with E-state index in [-0.39, 0.29) is 5.56 Å². The van der Waals surface area contributed by atoms with Crippen LogP contribution in [0.2, 0.25) is 0 Å². The molecule has 1 N–H and O–H groups in total. The van der Waals surface area contributed by atoms with Gasteiger partial charge in [0.1, 0.15) is 0 Å². The lowest BCUT2D eigenvalue weighted by atomic mass is 9.91. The second-order valence-corrected chi connectivity index (χ2v) is 6.25. The number of aromatic nitrogens is 3. The SMILES string of the molecule is CN(C)CCn1c2c(ccc1=O)C[C@@H](Nc1ncccn1)CC2. The molecule has 0 unspecified atom stereocenters. The summed E-state index contributed by atoms with van der Waals surface area (Å²) in [6.07, 6.45) is 6.27. The Kier molecular flexibility index (Phi) is 4.71. The lowest BCUT2D eigenvalue weighted by molar-refractivity contribution is 0.374. The molecule has 6 heteroatoms. The normalized spacial score (nSPS) is 17.1. The zero-order valence-electron chi connectivity index (χ0n) is 13.7. The van der Waals surface area contributed by atoms with Gasteiger partial charge in [-0.15, -0.1) is 0 Å². The van der Waals surface area contributed by atoms with Crippen molar-refractivity contribution in [3.63, 3.8) is 0 Å². The molecule has 0 spiro atoms. The minimum atomic E-state index is 0.100. The standard InChI is InChI=1S/C17H23N5O/c1-21(2)10-11-22-15-6-5-14(12-13(15)4-7-16(22)23)20-17-18-8-3-9-19-17/h3-4,7-9,14H,5-6,10-12H2,1-2H3,(H,18,19,20)/t14-/m0/s1. The Labute approximate surface area is 136 Å². The van der Waals surface area contributed by atoms with Crippen LogP contribution in [0.5, 0.6) is 0 Å². The fourth-order valence-electron chi connectivity index (χ4n) is 3.05. The zero-order valence-corrected chi connectivity index (χ0v) is 13.7. The minimum absolute atomic E-state index is 0.100. The van der Waals surface area contributed by atoms with Crippen LogP contribution >= 0.6 is 0 Å². The van der Waals surface area contributed by atoms with Crippen molar-refractivity contribution < 1.29 is 0 Å². The molecule has 122 valence electrons. The van der Waals surface area contributed by atoms with E-state index in [9.17, 15) is 4.79 Å². The average molecular weight is 313 g/mol. The maximum atomic E-state index is 12.2. The first-order valence-corrected chi connectivity index (χ1v) is 8.03. The minimum Gasteiger partial charge on any atom is -0.351 e. The highest BCUT2D eigenvalue weighted by atomic mass is 16.1. The maximum absolute atomic E-state index is 12.2. The smallest absolute Gasteiger partial charge is 0.250 e. The van der Waals surface area contributed by atoms with E-state index in [1.807, 2.05) is 30.8 Å². The first-order chi connectivity index (χ1) is 11.1. The van der Waals surface area contributed by atoms with E-state index in [1.165, 1.54) is 11.3 Å². The van der Waals surface area contributed by atoms with Crippen molar-refractivity contribution in [1.82, 2.24) is 19.4 Å². The third kappa shape index (κ3) is 3.76. The largest absolute Gasteiger partial charge is 0.351 e. The van der Waals surface area contributed by atoms with Crippen LogP contribution < -0.4 is 10.9 Å². The number of hydrogen-bond donors (Lipinski definition) is 1. The van der Waals surface area contributed by atoms with Crippen LogP contribution in [0.1, 0.15) is 17.7 Å². The first-order valence-electron chi connectivity index (χ1n) is 8.03. The highest BCUT2D eigenvalue weighted by Gasteiger charge is 2.22. The predicted octanol–water partition coefficient (Wildman–Crippen LogP) is 1.17. The average Bonchev–Trinajstić information content (AvgIpc) is 2.55. The van der Waals surface area contributed by atoms with Crippen LogP contribution in [-0.2, 0) is 19.4 Å². The van der Waals surface area contributed by atoms with Gasteiger partial charge < -0.3 is 14.8 Å². The van der Waals surface area contributed by atoms with Gasteiger partial charge in [-0.2, -0.15) is 0 Å². The van der Waals surface area contributed by atoms with Gasteiger partial charge >= 0.3 is 0 Å². The van der Waals surface area contributed by atoms with Gasteiger partial charge in [-0.25, -0.2) is 9.97 Å². The Morgan fingerprint density at radius 1 is 1.30 bits per heavy atom. The molecule has 0 aromatic carbocycles. The van der Waals surface area contributed by atoms with Gasteiger partial charge in [-0.1, -0.05) is 6.07 Å². The fraction of sp³-hybridized carbons (Fsp3) is 0.471. The summed E-state index contributed by atoms with van der Waals surface area (Å²) in [7, 11) is 4.06. The van der Waals surface area contributed by atoms with Gasteiger partial charge in [-0.05, 0) is 45.0 Å². The lowest BCUT2D eigenvalue weighted by Gasteiger charge is -2.28. The summed E-state index contributed by atoms with van der Waals surface area (Å²) in [6, 6.07) is 5.79. The van der Waals surface area contributed by atoms with E-state index in [1.54, 1.807) is 18.5 Å². The molecule has 2 aromatic rings. The Bertz CT molecular complexity index is 711. The van der Waals surface area contributed by atoms with Crippen molar-refractivity contribution in [3.8, 4) is 0 Å². The van der Waals surface area contributed by atoms with E-state index < -0.39 is 0 Å². The molecule has 2 heterocycles. The Balaban J connectivity index is 1.76. The molecule has 0 aliphatic heterocycles. The van der Waals surface area contributed by atoms with Gasteiger partial charge in [0.2, 0.25) is 5.95 Å². The molecule has 0 saturated heterocycles. The molecule has 3 rings (SSSR count). The molecule has 1 aliphatic carbocycles. The quantitative estimate of drug-likeness (QED) is 0.898. The molecule has 0 amide bonds. The Morgan fingerprint density at radius 2 is 2.09 bits per heavy atom. The van der Waals surface area contributed by atoms with Crippen LogP contribution in [0.4, 0.5) is 5.95 Å². The summed E-state index contributed by atoms with van der Waals surface area (Å²) in [5, 5.41) is 3.39. The molecule has 1 atom stereocenters. The molecule has 23 heavy (non-hydrogen) atoms. The third-order valence-corrected chi connectivity index (χ3v) is 4.26. The summed E-state index contributed by atoms with van der Waals surface area (Å²) < 4.78 is 1.94. The fourth-order valence-corrected chi connectivity index (χ4v) is 3.05. The second-order valence-electron chi connectivity index (χ2n) is 6.25. The molecular weight excluding hydrogens is 290 g/mol. The molecule has 1 aliphatic rings. The predicted molar refractivity (Wildman–Crippen MR) is 90.7 cm³/mol. The Hall–Kier alpha value is -2.21. The summed E-state index contributed by atoms with van der Waals surface area (Å²) >= 11 is 0. The first kappa shape index (κ1) is 15.7.